The number of benzene rings is 2. The first kappa shape index (κ1) is 19.1. The van der Waals surface area contributed by atoms with Crippen LogP contribution >= 0.6 is 0 Å². The predicted octanol–water partition coefficient (Wildman–Crippen LogP) is 5.23. The van der Waals surface area contributed by atoms with Crippen LogP contribution in [0.5, 0.6) is 0 Å². The Balaban J connectivity index is 1.22. The van der Waals surface area contributed by atoms with Gasteiger partial charge in [0.1, 0.15) is 0 Å². The molecule has 3 heteroatoms. The molecule has 3 fully saturated rings. The van der Waals surface area contributed by atoms with E-state index in [1.54, 1.807) is 0 Å². The molecule has 3 atom stereocenters. The van der Waals surface area contributed by atoms with Crippen molar-refractivity contribution in [3.63, 3.8) is 0 Å². The fourth-order valence-electron chi connectivity index (χ4n) is 6.07. The molecule has 2 saturated heterocycles. The van der Waals surface area contributed by atoms with Crippen LogP contribution < -0.4 is 0 Å². The minimum atomic E-state index is 0.341. The Kier molecular flexibility index (Phi) is 5.59. The van der Waals surface area contributed by atoms with Gasteiger partial charge in [0, 0.05) is 32.1 Å². The molecule has 2 aromatic rings. The van der Waals surface area contributed by atoms with Crippen molar-refractivity contribution in [1.29, 1.82) is 0 Å². The van der Waals surface area contributed by atoms with E-state index in [2.05, 4.69) is 52.3 Å². The molecule has 5 rings (SSSR count). The maximum absolute atomic E-state index is 12.8. The molecule has 0 aromatic heterocycles. The normalized spacial score (nSPS) is 28.9. The number of piperidine rings is 1. The van der Waals surface area contributed by atoms with Gasteiger partial charge in [0.15, 0.2) is 0 Å². The first-order chi connectivity index (χ1) is 14.3. The molecule has 0 radical (unpaired) electrons. The van der Waals surface area contributed by atoms with Crippen molar-refractivity contribution < 1.29 is 4.79 Å². The summed E-state index contributed by atoms with van der Waals surface area (Å²) >= 11 is 0. The lowest BCUT2D eigenvalue weighted by Gasteiger charge is -2.44. The molecule has 1 aliphatic carbocycles. The van der Waals surface area contributed by atoms with Gasteiger partial charge in [-0.2, -0.15) is 0 Å². The third kappa shape index (κ3) is 4.21. The Morgan fingerprint density at radius 3 is 2.55 bits per heavy atom. The second-order valence-electron chi connectivity index (χ2n) is 9.57. The lowest BCUT2D eigenvalue weighted by Crippen LogP contribution is -2.47. The van der Waals surface area contributed by atoms with Crippen LogP contribution in [0.4, 0.5) is 0 Å². The molecule has 3 nitrogen and oxygen atoms in total. The van der Waals surface area contributed by atoms with Crippen LogP contribution in [0.3, 0.4) is 0 Å². The number of nitrogens with zero attached hydrogens (tertiary/aromatic N) is 2. The fraction of sp³-hybridized carbons (Fsp3) is 0.577. The average Bonchev–Trinajstić information content (AvgIpc) is 2.95. The minimum absolute atomic E-state index is 0.341. The van der Waals surface area contributed by atoms with E-state index in [0.29, 0.717) is 18.4 Å². The zero-order valence-corrected chi connectivity index (χ0v) is 17.6. The van der Waals surface area contributed by atoms with Gasteiger partial charge >= 0.3 is 0 Å². The molecule has 3 aliphatic rings. The van der Waals surface area contributed by atoms with Crippen molar-refractivity contribution in [1.82, 2.24) is 9.80 Å². The quantitative estimate of drug-likeness (QED) is 0.716. The van der Waals surface area contributed by atoms with Gasteiger partial charge < -0.3 is 9.80 Å². The van der Waals surface area contributed by atoms with Crippen molar-refractivity contribution >= 4 is 16.7 Å². The zero-order valence-electron chi connectivity index (χ0n) is 17.6. The standard InChI is InChI=1S/C26H34N2O/c29-26-12-11-25(27-15-13-22-6-2-4-8-24(22)19-27)14-16-28(26)18-20-9-10-21-5-1-3-7-23(21)17-20/h1,3,5,7,9-10,17,22,24-25H,2,4,6,8,11-16,18-19H2/t22-,24-,25-/m0/s1. The second-order valence-corrected chi connectivity index (χ2v) is 9.57. The average molecular weight is 391 g/mol. The second kappa shape index (κ2) is 8.47. The molecule has 0 N–H and O–H groups in total. The molecule has 0 spiro atoms. The van der Waals surface area contributed by atoms with Gasteiger partial charge in [-0.3, -0.25) is 4.79 Å². The molecule has 154 valence electrons. The van der Waals surface area contributed by atoms with Crippen molar-refractivity contribution in [2.24, 2.45) is 11.8 Å². The molecule has 2 aromatic carbocycles. The Hall–Kier alpha value is -1.87. The van der Waals surface area contributed by atoms with Gasteiger partial charge in [0.2, 0.25) is 5.91 Å². The number of hydrogen-bond acceptors (Lipinski definition) is 2. The van der Waals surface area contributed by atoms with Crippen LogP contribution in [0.1, 0.15) is 56.9 Å². The largest absolute Gasteiger partial charge is 0.338 e. The van der Waals surface area contributed by atoms with Gasteiger partial charge in [-0.15, -0.1) is 0 Å². The summed E-state index contributed by atoms with van der Waals surface area (Å²) in [6.45, 7) is 4.20. The van der Waals surface area contributed by atoms with Crippen LogP contribution in [-0.2, 0) is 11.3 Å². The monoisotopic (exact) mass is 390 g/mol. The summed E-state index contributed by atoms with van der Waals surface area (Å²) in [6.07, 6.45) is 10.0. The van der Waals surface area contributed by atoms with Crippen molar-refractivity contribution in [3.05, 3.63) is 48.0 Å². The summed E-state index contributed by atoms with van der Waals surface area (Å²) in [5, 5.41) is 2.53. The third-order valence-electron chi connectivity index (χ3n) is 7.80. The number of fused-ring (bicyclic) bond motifs is 2. The summed E-state index contributed by atoms with van der Waals surface area (Å²) in [7, 11) is 0. The summed E-state index contributed by atoms with van der Waals surface area (Å²) in [4.78, 5) is 17.7. The lowest BCUT2D eigenvalue weighted by atomic mass is 9.74. The highest BCUT2D eigenvalue weighted by molar-refractivity contribution is 5.83. The molecule has 1 amide bonds. The third-order valence-corrected chi connectivity index (χ3v) is 7.80. The number of amides is 1. The highest BCUT2D eigenvalue weighted by atomic mass is 16.2. The van der Waals surface area contributed by atoms with Crippen LogP contribution in [0.2, 0.25) is 0 Å². The molecular formula is C26H34N2O. The summed E-state index contributed by atoms with van der Waals surface area (Å²) in [5.41, 5.74) is 1.25. The fourth-order valence-corrected chi connectivity index (χ4v) is 6.07. The van der Waals surface area contributed by atoms with E-state index in [4.69, 9.17) is 0 Å². The van der Waals surface area contributed by atoms with Crippen LogP contribution in [-0.4, -0.2) is 41.4 Å². The molecule has 2 aliphatic heterocycles. The van der Waals surface area contributed by atoms with Crippen LogP contribution in [0.25, 0.3) is 10.8 Å². The molecule has 0 unspecified atom stereocenters. The smallest absolute Gasteiger partial charge is 0.222 e. The summed E-state index contributed by atoms with van der Waals surface area (Å²) in [5.74, 6) is 2.25. The van der Waals surface area contributed by atoms with Gasteiger partial charge in [-0.05, 0) is 66.5 Å². The van der Waals surface area contributed by atoms with Crippen molar-refractivity contribution in [2.75, 3.05) is 19.6 Å². The van der Waals surface area contributed by atoms with E-state index in [-0.39, 0.29) is 0 Å². The highest BCUT2D eigenvalue weighted by Gasteiger charge is 2.35. The molecule has 2 heterocycles. The highest BCUT2D eigenvalue weighted by Crippen LogP contribution is 2.37. The van der Waals surface area contributed by atoms with Crippen LogP contribution in [0.15, 0.2) is 42.5 Å². The van der Waals surface area contributed by atoms with Gasteiger partial charge in [0.05, 0.1) is 0 Å². The van der Waals surface area contributed by atoms with E-state index < -0.39 is 0 Å². The van der Waals surface area contributed by atoms with E-state index in [0.717, 1.165) is 37.8 Å². The zero-order chi connectivity index (χ0) is 19.6. The lowest BCUT2D eigenvalue weighted by molar-refractivity contribution is -0.131. The number of carbonyl (C=O) groups is 1. The van der Waals surface area contributed by atoms with E-state index >= 15 is 0 Å². The Morgan fingerprint density at radius 2 is 1.66 bits per heavy atom. The minimum Gasteiger partial charge on any atom is -0.338 e. The molecule has 0 bridgehead atoms. The van der Waals surface area contributed by atoms with Gasteiger partial charge in [-0.1, -0.05) is 55.7 Å². The van der Waals surface area contributed by atoms with Crippen molar-refractivity contribution in [2.45, 2.75) is 64.0 Å². The Labute approximate surface area is 175 Å². The molecular weight excluding hydrogens is 356 g/mol. The van der Waals surface area contributed by atoms with E-state index in [9.17, 15) is 4.79 Å². The topological polar surface area (TPSA) is 23.6 Å². The maximum Gasteiger partial charge on any atom is 0.222 e. The van der Waals surface area contributed by atoms with Crippen LogP contribution in [0, 0.1) is 11.8 Å². The summed E-state index contributed by atoms with van der Waals surface area (Å²) in [6, 6.07) is 15.7. The Morgan fingerprint density at radius 1 is 0.828 bits per heavy atom. The summed E-state index contributed by atoms with van der Waals surface area (Å²) < 4.78 is 0. The first-order valence-electron chi connectivity index (χ1n) is 11.8. The van der Waals surface area contributed by atoms with Crippen molar-refractivity contribution in [3.8, 4) is 0 Å². The number of carbonyl (C=O) groups excluding carboxylic acids is 1. The number of likely N-dealkylation sites (tertiary alicyclic amines) is 2. The van der Waals surface area contributed by atoms with Gasteiger partial charge in [-0.25, -0.2) is 0 Å². The van der Waals surface area contributed by atoms with E-state index in [1.165, 1.54) is 61.5 Å². The molecule has 1 saturated carbocycles. The molecule has 29 heavy (non-hydrogen) atoms. The maximum atomic E-state index is 12.8. The Bertz CT molecular complexity index is 863. The number of rotatable bonds is 3. The van der Waals surface area contributed by atoms with E-state index in [1.807, 2.05) is 0 Å². The predicted molar refractivity (Wildman–Crippen MR) is 119 cm³/mol. The van der Waals surface area contributed by atoms with Gasteiger partial charge in [0.25, 0.3) is 0 Å². The SMILES string of the molecule is O=C1CC[C@H](N2CC[C@@H]3CCCC[C@H]3C2)CCN1Cc1ccc2ccccc2c1. The number of hydrogen-bond donors (Lipinski definition) is 0. The first-order valence-corrected chi connectivity index (χ1v) is 11.8.